The summed E-state index contributed by atoms with van der Waals surface area (Å²) >= 11 is 0. The van der Waals surface area contributed by atoms with Crippen LogP contribution in [0.3, 0.4) is 0 Å². The molecule has 0 spiro atoms. The summed E-state index contributed by atoms with van der Waals surface area (Å²) in [6, 6.07) is 8.28. The van der Waals surface area contributed by atoms with Crippen molar-refractivity contribution in [3.05, 3.63) is 29.8 Å². The summed E-state index contributed by atoms with van der Waals surface area (Å²) in [6.45, 7) is 2.04. The highest BCUT2D eigenvalue weighted by atomic mass is 16.5. The van der Waals surface area contributed by atoms with Crippen molar-refractivity contribution in [1.82, 2.24) is 0 Å². The number of para-hydroxylation sites is 1. The molecule has 0 saturated heterocycles. The highest BCUT2D eigenvalue weighted by molar-refractivity contribution is 5.32. The van der Waals surface area contributed by atoms with Crippen molar-refractivity contribution in [2.75, 3.05) is 0 Å². The number of benzene rings is 1. The van der Waals surface area contributed by atoms with Gasteiger partial charge in [0.2, 0.25) is 0 Å². The van der Waals surface area contributed by atoms with Gasteiger partial charge in [0, 0.05) is 12.5 Å². The van der Waals surface area contributed by atoms with Gasteiger partial charge in [0.05, 0.1) is 0 Å². The molecule has 2 rings (SSSR count). The maximum Gasteiger partial charge on any atom is 0.122 e. The fourth-order valence-corrected chi connectivity index (χ4v) is 1.18. The Morgan fingerprint density at radius 1 is 1.42 bits per heavy atom. The van der Waals surface area contributed by atoms with E-state index < -0.39 is 0 Å². The van der Waals surface area contributed by atoms with E-state index in [0.29, 0.717) is 0 Å². The fourth-order valence-electron chi connectivity index (χ4n) is 1.18. The summed E-state index contributed by atoms with van der Waals surface area (Å²) in [5.41, 5.74) is 6.82. The Hall–Kier alpha value is -1.02. The van der Waals surface area contributed by atoms with Crippen molar-refractivity contribution in [3.8, 4) is 5.75 Å². The van der Waals surface area contributed by atoms with Crippen molar-refractivity contribution in [2.45, 2.75) is 25.5 Å². The minimum atomic E-state index is 0.254. The normalized spacial score (nSPS) is 26.8. The van der Waals surface area contributed by atoms with E-state index in [4.69, 9.17) is 10.5 Å². The van der Waals surface area contributed by atoms with Crippen molar-refractivity contribution >= 4 is 0 Å². The zero-order chi connectivity index (χ0) is 8.55. The van der Waals surface area contributed by atoms with Gasteiger partial charge in [-0.05, 0) is 18.6 Å². The quantitative estimate of drug-likeness (QED) is 0.716. The number of aryl methyl sites for hydroxylation is 1. The largest absolute Gasteiger partial charge is 0.488 e. The lowest BCUT2D eigenvalue weighted by molar-refractivity contribution is 0.294. The summed E-state index contributed by atoms with van der Waals surface area (Å²) in [5.74, 6) is 0.968. The summed E-state index contributed by atoms with van der Waals surface area (Å²) in [6.07, 6.45) is 1.25. The molecule has 0 aromatic heterocycles. The highest BCUT2D eigenvalue weighted by Crippen LogP contribution is 2.27. The number of hydrogen-bond acceptors (Lipinski definition) is 2. The van der Waals surface area contributed by atoms with E-state index >= 15 is 0 Å². The van der Waals surface area contributed by atoms with Gasteiger partial charge in [-0.1, -0.05) is 18.2 Å². The van der Waals surface area contributed by atoms with Crippen LogP contribution in [0.15, 0.2) is 24.3 Å². The zero-order valence-electron chi connectivity index (χ0n) is 7.16. The van der Waals surface area contributed by atoms with Crippen molar-refractivity contribution in [3.63, 3.8) is 0 Å². The molecule has 2 heteroatoms. The maximum absolute atomic E-state index is 5.64. The molecule has 0 aliphatic heterocycles. The predicted molar refractivity (Wildman–Crippen MR) is 48.2 cm³/mol. The van der Waals surface area contributed by atoms with Gasteiger partial charge in [0.1, 0.15) is 11.9 Å². The second-order valence-corrected chi connectivity index (χ2v) is 3.32. The molecule has 1 aromatic carbocycles. The third-order valence-electron chi connectivity index (χ3n) is 2.15. The molecule has 2 N–H and O–H groups in total. The van der Waals surface area contributed by atoms with Crippen LogP contribution in [-0.2, 0) is 0 Å². The van der Waals surface area contributed by atoms with Crippen LogP contribution in [0.25, 0.3) is 0 Å². The first-order valence-corrected chi connectivity index (χ1v) is 4.25. The maximum atomic E-state index is 5.64. The van der Waals surface area contributed by atoms with Gasteiger partial charge in [-0.15, -0.1) is 0 Å². The third kappa shape index (κ3) is 1.43. The molecule has 2 nitrogen and oxygen atoms in total. The summed E-state index contributed by atoms with van der Waals surface area (Å²) in [4.78, 5) is 0. The minimum Gasteiger partial charge on any atom is -0.488 e. The number of rotatable bonds is 2. The Morgan fingerprint density at radius 3 is 2.67 bits per heavy atom. The van der Waals surface area contributed by atoms with Crippen LogP contribution in [0, 0.1) is 6.92 Å². The molecule has 12 heavy (non-hydrogen) atoms. The zero-order valence-corrected chi connectivity index (χ0v) is 7.16. The topological polar surface area (TPSA) is 35.2 Å². The smallest absolute Gasteiger partial charge is 0.122 e. The molecule has 0 radical (unpaired) electrons. The van der Waals surface area contributed by atoms with Gasteiger partial charge >= 0.3 is 0 Å². The van der Waals surface area contributed by atoms with Crippen LogP contribution < -0.4 is 10.5 Å². The van der Waals surface area contributed by atoms with E-state index in [2.05, 4.69) is 0 Å². The van der Waals surface area contributed by atoms with E-state index in [1.165, 1.54) is 5.56 Å². The molecule has 2 unspecified atom stereocenters. The molecule has 1 saturated carbocycles. The lowest BCUT2D eigenvalue weighted by Gasteiger charge is -2.06. The Balaban J connectivity index is 2.08. The lowest BCUT2D eigenvalue weighted by Crippen LogP contribution is -2.11. The van der Waals surface area contributed by atoms with E-state index in [9.17, 15) is 0 Å². The Kier molecular flexibility index (Phi) is 1.77. The molecule has 1 aromatic rings. The van der Waals surface area contributed by atoms with E-state index in [0.717, 1.165) is 12.2 Å². The molecule has 0 bridgehead atoms. The Morgan fingerprint density at radius 2 is 2.08 bits per heavy atom. The molecule has 64 valence electrons. The number of nitrogens with two attached hydrogens (primary N) is 1. The molecule has 1 aliphatic carbocycles. The predicted octanol–water partition coefficient (Wildman–Crippen LogP) is 1.47. The molecule has 2 atom stereocenters. The molecule has 1 aliphatic rings. The van der Waals surface area contributed by atoms with Crippen LogP contribution in [0.1, 0.15) is 12.0 Å². The molecule has 0 heterocycles. The van der Waals surface area contributed by atoms with Gasteiger partial charge in [-0.2, -0.15) is 0 Å². The number of hydrogen-bond donors (Lipinski definition) is 1. The first-order chi connectivity index (χ1) is 5.77. The van der Waals surface area contributed by atoms with Gasteiger partial charge < -0.3 is 10.5 Å². The summed E-state index contributed by atoms with van der Waals surface area (Å²) in [5, 5.41) is 0. The second kappa shape index (κ2) is 2.79. The molecular formula is C10H13NO. The van der Waals surface area contributed by atoms with Crippen molar-refractivity contribution in [2.24, 2.45) is 5.73 Å². The van der Waals surface area contributed by atoms with Crippen LogP contribution in [0.4, 0.5) is 0 Å². The SMILES string of the molecule is Cc1ccccc1OC1CC1N. The average Bonchev–Trinajstić information content (AvgIpc) is 2.72. The molecule has 1 fully saturated rings. The van der Waals surface area contributed by atoms with Crippen LogP contribution in [-0.4, -0.2) is 12.1 Å². The van der Waals surface area contributed by atoms with Gasteiger partial charge in [-0.3, -0.25) is 0 Å². The van der Waals surface area contributed by atoms with Crippen molar-refractivity contribution < 1.29 is 4.74 Å². The van der Waals surface area contributed by atoms with E-state index in [-0.39, 0.29) is 12.1 Å². The van der Waals surface area contributed by atoms with E-state index in [1.54, 1.807) is 0 Å². The second-order valence-electron chi connectivity index (χ2n) is 3.32. The Labute approximate surface area is 72.3 Å². The summed E-state index contributed by atoms with van der Waals surface area (Å²) in [7, 11) is 0. The van der Waals surface area contributed by atoms with Crippen LogP contribution in [0.2, 0.25) is 0 Å². The standard InChI is InChI=1S/C10H13NO/c1-7-4-2-3-5-9(7)12-10-6-8(10)11/h2-5,8,10H,6,11H2,1H3. The van der Waals surface area contributed by atoms with Crippen LogP contribution >= 0.6 is 0 Å². The number of ether oxygens (including phenoxy) is 1. The first kappa shape index (κ1) is 7.62. The minimum absolute atomic E-state index is 0.254. The first-order valence-electron chi connectivity index (χ1n) is 4.25. The van der Waals surface area contributed by atoms with Crippen LogP contribution in [0.5, 0.6) is 5.75 Å². The van der Waals surface area contributed by atoms with Gasteiger partial charge in [-0.25, -0.2) is 0 Å². The van der Waals surface area contributed by atoms with Crippen molar-refractivity contribution in [1.29, 1.82) is 0 Å². The van der Waals surface area contributed by atoms with Gasteiger partial charge in [0.15, 0.2) is 0 Å². The monoisotopic (exact) mass is 163 g/mol. The lowest BCUT2D eigenvalue weighted by atomic mass is 10.2. The van der Waals surface area contributed by atoms with Gasteiger partial charge in [0.25, 0.3) is 0 Å². The highest BCUT2D eigenvalue weighted by Gasteiger charge is 2.36. The third-order valence-corrected chi connectivity index (χ3v) is 2.15. The molecule has 0 amide bonds. The summed E-state index contributed by atoms with van der Waals surface area (Å²) < 4.78 is 5.64. The fraction of sp³-hybridized carbons (Fsp3) is 0.400. The molecular weight excluding hydrogens is 150 g/mol. The Bertz CT molecular complexity index is 285. The van der Waals surface area contributed by atoms with E-state index in [1.807, 2.05) is 31.2 Å². The average molecular weight is 163 g/mol.